The highest BCUT2D eigenvalue weighted by molar-refractivity contribution is 7.92. The number of sulfone groups is 1. The highest BCUT2D eigenvalue weighted by Crippen LogP contribution is 2.20. The van der Waals surface area contributed by atoms with Crippen LogP contribution in [0.15, 0.2) is 29.2 Å². The van der Waals surface area contributed by atoms with Crippen molar-refractivity contribution >= 4 is 15.7 Å². The number of likely N-dealkylation sites (tertiary alicyclic amines) is 1. The maximum absolute atomic E-state index is 12.4. The zero-order valence-corrected chi connectivity index (χ0v) is 14.2. The van der Waals surface area contributed by atoms with Crippen molar-refractivity contribution in [3.8, 4) is 0 Å². The van der Waals surface area contributed by atoms with Crippen LogP contribution in [-0.2, 0) is 9.84 Å². The fourth-order valence-corrected chi connectivity index (χ4v) is 3.77. The van der Waals surface area contributed by atoms with Gasteiger partial charge in [-0.2, -0.15) is 0 Å². The molecule has 1 heterocycles. The molecule has 0 aromatic heterocycles. The molecule has 0 spiro atoms. The van der Waals surface area contributed by atoms with E-state index in [0.29, 0.717) is 11.5 Å². The second-order valence-electron chi connectivity index (χ2n) is 6.08. The quantitative estimate of drug-likeness (QED) is 0.892. The Kier molecular flexibility index (Phi) is 5.24. The molecule has 1 atom stereocenters. The van der Waals surface area contributed by atoms with E-state index < -0.39 is 15.1 Å². The summed E-state index contributed by atoms with van der Waals surface area (Å²) in [5.41, 5.74) is 0.549. The summed E-state index contributed by atoms with van der Waals surface area (Å²) in [7, 11) is -1.37. The van der Waals surface area contributed by atoms with Crippen LogP contribution < -0.4 is 5.32 Å². The van der Waals surface area contributed by atoms with Crippen LogP contribution in [0.5, 0.6) is 0 Å². The molecule has 1 aliphatic heterocycles. The van der Waals surface area contributed by atoms with Crippen LogP contribution in [0.4, 0.5) is 0 Å². The molecule has 5 nitrogen and oxygen atoms in total. The topological polar surface area (TPSA) is 66.5 Å². The molecule has 2 rings (SSSR count). The Morgan fingerprint density at radius 3 is 2.50 bits per heavy atom. The Balaban J connectivity index is 2.10. The van der Waals surface area contributed by atoms with Crippen molar-refractivity contribution in [2.45, 2.75) is 30.4 Å². The molecule has 0 bridgehead atoms. The predicted molar refractivity (Wildman–Crippen MR) is 86.7 cm³/mol. The molecule has 1 saturated heterocycles. The summed E-state index contributed by atoms with van der Waals surface area (Å²) in [5.74, 6) is 0.474. The Bertz CT molecular complexity index is 623. The van der Waals surface area contributed by atoms with Gasteiger partial charge in [-0.3, -0.25) is 4.79 Å². The summed E-state index contributed by atoms with van der Waals surface area (Å²) in [6.45, 7) is 5.74. The monoisotopic (exact) mass is 324 g/mol. The van der Waals surface area contributed by atoms with Gasteiger partial charge >= 0.3 is 0 Å². The van der Waals surface area contributed by atoms with Crippen molar-refractivity contribution in [2.75, 3.05) is 26.7 Å². The molecule has 6 heteroatoms. The predicted octanol–water partition coefficient (Wildman–Crippen LogP) is 1.55. The van der Waals surface area contributed by atoms with Crippen molar-refractivity contribution in [3.63, 3.8) is 0 Å². The number of carbonyl (C=O) groups is 1. The van der Waals surface area contributed by atoms with Crippen LogP contribution in [0, 0.1) is 5.92 Å². The van der Waals surface area contributed by atoms with Gasteiger partial charge in [0.1, 0.15) is 0 Å². The number of nitrogens with zero attached hydrogens (tertiary/aromatic N) is 1. The Hall–Kier alpha value is -1.40. The van der Waals surface area contributed by atoms with Gasteiger partial charge in [-0.25, -0.2) is 8.42 Å². The lowest BCUT2D eigenvalue weighted by Gasteiger charge is -2.17. The Labute approximate surface area is 132 Å². The molecule has 1 fully saturated rings. The second-order valence-corrected chi connectivity index (χ2v) is 8.59. The van der Waals surface area contributed by atoms with Gasteiger partial charge in [0.15, 0.2) is 9.84 Å². The first-order valence-electron chi connectivity index (χ1n) is 7.64. The molecular formula is C16H24N2O3S. The SMILES string of the molecule is CNCC1CCN(C(=O)c2ccc(S(=O)(=O)C(C)C)cc2)C1. The highest BCUT2D eigenvalue weighted by Gasteiger charge is 2.27. The third-order valence-corrected chi connectivity index (χ3v) is 6.29. The molecule has 1 aliphatic rings. The molecule has 1 unspecified atom stereocenters. The summed E-state index contributed by atoms with van der Waals surface area (Å²) in [6, 6.07) is 6.29. The average molecular weight is 324 g/mol. The zero-order valence-electron chi connectivity index (χ0n) is 13.4. The van der Waals surface area contributed by atoms with E-state index in [1.807, 2.05) is 11.9 Å². The number of amides is 1. The molecule has 122 valence electrons. The van der Waals surface area contributed by atoms with E-state index in [2.05, 4.69) is 5.32 Å². The molecule has 0 radical (unpaired) electrons. The number of carbonyl (C=O) groups excluding carboxylic acids is 1. The average Bonchev–Trinajstić information content (AvgIpc) is 2.95. The minimum Gasteiger partial charge on any atom is -0.338 e. The van der Waals surface area contributed by atoms with Crippen LogP contribution in [0.2, 0.25) is 0 Å². The van der Waals surface area contributed by atoms with Gasteiger partial charge in [0.25, 0.3) is 5.91 Å². The number of hydrogen-bond donors (Lipinski definition) is 1. The molecule has 0 saturated carbocycles. The van der Waals surface area contributed by atoms with Gasteiger partial charge in [0.2, 0.25) is 0 Å². The summed E-state index contributed by atoms with van der Waals surface area (Å²) in [6.07, 6.45) is 1.01. The molecule has 1 amide bonds. The van der Waals surface area contributed by atoms with E-state index in [1.165, 1.54) is 12.1 Å². The number of benzene rings is 1. The number of rotatable bonds is 5. The first-order chi connectivity index (χ1) is 10.4. The van der Waals surface area contributed by atoms with Crippen LogP contribution in [-0.4, -0.2) is 51.2 Å². The van der Waals surface area contributed by atoms with Crippen LogP contribution >= 0.6 is 0 Å². The van der Waals surface area contributed by atoms with Gasteiger partial charge in [0, 0.05) is 18.7 Å². The maximum atomic E-state index is 12.4. The van der Waals surface area contributed by atoms with Gasteiger partial charge in [0.05, 0.1) is 10.1 Å². The van der Waals surface area contributed by atoms with E-state index in [1.54, 1.807) is 26.0 Å². The molecular weight excluding hydrogens is 300 g/mol. The number of nitrogens with one attached hydrogen (secondary N) is 1. The first-order valence-corrected chi connectivity index (χ1v) is 9.18. The maximum Gasteiger partial charge on any atom is 0.253 e. The zero-order chi connectivity index (χ0) is 16.3. The van der Waals surface area contributed by atoms with Gasteiger partial charge in [-0.1, -0.05) is 0 Å². The van der Waals surface area contributed by atoms with Crippen molar-refractivity contribution in [2.24, 2.45) is 5.92 Å². The third-order valence-electron chi connectivity index (χ3n) is 4.12. The van der Waals surface area contributed by atoms with Crippen LogP contribution in [0.1, 0.15) is 30.6 Å². The van der Waals surface area contributed by atoms with E-state index in [4.69, 9.17) is 0 Å². The summed E-state index contributed by atoms with van der Waals surface area (Å²) in [5, 5.41) is 2.68. The Morgan fingerprint density at radius 1 is 1.32 bits per heavy atom. The van der Waals surface area contributed by atoms with E-state index >= 15 is 0 Å². The molecule has 1 aromatic carbocycles. The van der Waals surface area contributed by atoms with Crippen molar-refractivity contribution in [3.05, 3.63) is 29.8 Å². The van der Waals surface area contributed by atoms with Gasteiger partial charge < -0.3 is 10.2 Å². The van der Waals surface area contributed by atoms with E-state index in [0.717, 1.165) is 26.1 Å². The summed E-state index contributed by atoms with van der Waals surface area (Å²) in [4.78, 5) is 14.6. The van der Waals surface area contributed by atoms with Gasteiger partial charge in [-0.15, -0.1) is 0 Å². The molecule has 0 aliphatic carbocycles. The lowest BCUT2D eigenvalue weighted by Crippen LogP contribution is -2.30. The van der Waals surface area contributed by atoms with Gasteiger partial charge in [-0.05, 0) is 64.0 Å². The minimum atomic E-state index is -3.29. The van der Waals surface area contributed by atoms with Crippen molar-refractivity contribution < 1.29 is 13.2 Å². The number of hydrogen-bond acceptors (Lipinski definition) is 4. The first kappa shape index (κ1) is 17.0. The Morgan fingerprint density at radius 2 is 1.95 bits per heavy atom. The second kappa shape index (κ2) is 6.79. The normalized spacial score (nSPS) is 18.9. The molecule has 1 N–H and O–H groups in total. The van der Waals surface area contributed by atoms with Crippen molar-refractivity contribution in [1.29, 1.82) is 0 Å². The standard InChI is InChI=1S/C16H24N2O3S/c1-12(2)22(20,21)15-6-4-14(5-7-15)16(19)18-9-8-13(11-18)10-17-3/h4-7,12-13,17H,8-11H2,1-3H3. The van der Waals surface area contributed by atoms with E-state index in [-0.39, 0.29) is 10.8 Å². The van der Waals surface area contributed by atoms with Crippen LogP contribution in [0.3, 0.4) is 0 Å². The van der Waals surface area contributed by atoms with E-state index in [9.17, 15) is 13.2 Å². The molecule has 22 heavy (non-hydrogen) atoms. The fraction of sp³-hybridized carbons (Fsp3) is 0.562. The lowest BCUT2D eigenvalue weighted by molar-refractivity contribution is 0.0787. The van der Waals surface area contributed by atoms with Crippen molar-refractivity contribution in [1.82, 2.24) is 10.2 Å². The lowest BCUT2D eigenvalue weighted by atomic mass is 10.1. The fourth-order valence-electron chi connectivity index (χ4n) is 2.71. The largest absolute Gasteiger partial charge is 0.338 e. The summed E-state index contributed by atoms with van der Waals surface area (Å²) < 4.78 is 24.2. The minimum absolute atomic E-state index is 0.0212. The van der Waals surface area contributed by atoms with Crippen LogP contribution in [0.25, 0.3) is 0 Å². The summed E-state index contributed by atoms with van der Waals surface area (Å²) >= 11 is 0. The smallest absolute Gasteiger partial charge is 0.253 e. The third kappa shape index (κ3) is 3.50. The molecule has 1 aromatic rings. The highest BCUT2D eigenvalue weighted by atomic mass is 32.2.